The molecule has 1 fully saturated rings. The van der Waals surface area contributed by atoms with Crippen LogP contribution in [0.1, 0.15) is 0 Å². The van der Waals surface area contributed by atoms with Crippen LogP contribution in [0.25, 0.3) is 0 Å². The average molecular weight is 287 g/mol. The summed E-state index contributed by atoms with van der Waals surface area (Å²) in [4.78, 5) is 10.1. The van der Waals surface area contributed by atoms with Gasteiger partial charge >= 0.3 is 99.6 Å². The number of nitro benzene ring substituents is 1. The van der Waals surface area contributed by atoms with Gasteiger partial charge in [-0.3, -0.25) is 0 Å². The third-order valence-corrected chi connectivity index (χ3v) is 4.57. The number of rotatable bonds is 3. The Kier molecular flexibility index (Phi) is 3.90. The Labute approximate surface area is 99.9 Å². The van der Waals surface area contributed by atoms with Crippen LogP contribution in [0.2, 0.25) is 0 Å². The molecular formula is C10H12N2O3Se. The van der Waals surface area contributed by atoms with Gasteiger partial charge in [-0.15, -0.1) is 0 Å². The molecule has 0 aromatic heterocycles. The van der Waals surface area contributed by atoms with E-state index in [9.17, 15) is 10.1 Å². The van der Waals surface area contributed by atoms with E-state index in [1.807, 2.05) is 12.1 Å². The number of nitrogens with zero attached hydrogens (tertiary/aromatic N) is 2. The van der Waals surface area contributed by atoms with Crippen LogP contribution in [0.4, 0.5) is 5.69 Å². The molecule has 0 bridgehead atoms. The first-order valence-corrected chi connectivity index (χ1v) is 6.63. The van der Waals surface area contributed by atoms with Crippen molar-refractivity contribution in [2.75, 3.05) is 26.3 Å². The Bertz CT molecular complexity index is 363. The Morgan fingerprint density at radius 1 is 1.25 bits per heavy atom. The van der Waals surface area contributed by atoms with E-state index in [1.54, 1.807) is 12.1 Å². The second kappa shape index (κ2) is 5.41. The van der Waals surface area contributed by atoms with Gasteiger partial charge in [0.2, 0.25) is 0 Å². The number of ether oxygens (including phenoxy) is 1. The summed E-state index contributed by atoms with van der Waals surface area (Å²) in [6.45, 7) is 3.48. The van der Waals surface area contributed by atoms with E-state index >= 15 is 0 Å². The maximum atomic E-state index is 10.5. The molecule has 2 rings (SSSR count). The molecule has 1 aromatic carbocycles. The molecule has 86 valence electrons. The van der Waals surface area contributed by atoms with Gasteiger partial charge in [0.05, 0.1) is 0 Å². The van der Waals surface area contributed by atoms with E-state index in [1.165, 1.54) is 4.46 Å². The first kappa shape index (κ1) is 11.5. The molecule has 0 spiro atoms. The normalized spacial score (nSPS) is 17.2. The third-order valence-electron chi connectivity index (χ3n) is 2.25. The molecule has 5 nitrogen and oxygen atoms in total. The molecule has 0 atom stereocenters. The predicted molar refractivity (Wildman–Crippen MR) is 60.9 cm³/mol. The summed E-state index contributed by atoms with van der Waals surface area (Å²) >= 11 is 0.249. The molecule has 6 heteroatoms. The molecule has 1 aliphatic heterocycles. The number of nitro groups is 1. The summed E-state index contributed by atoms with van der Waals surface area (Å²) in [5.74, 6) is 0. The van der Waals surface area contributed by atoms with Gasteiger partial charge in [-0.1, -0.05) is 0 Å². The molecule has 0 amide bonds. The third kappa shape index (κ3) is 3.02. The van der Waals surface area contributed by atoms with Gasteiger partial charge in [-0.25, -0.2) is 0 Å². The minimum atomic E-state index is -0.370. The fraction of sp³-hybridized carbons (Fsp3) is 0.400. The summed E-state index contributed by atoms with van der Waals surface area (Å²) in [5.41, 5.74) is 0.154. The van der Waals surface area contributed by atoms with Crippen LogP contribution in [-0.2, 0) is 4.74 Å². The Hall–Kier alpha value is -0.941. The standard InChI is InChI=1S/C10H12N2O3Se/c13-12(14)9-1-3-10(4-2-9)16-11-5-7-15-8-6-11/h1-4H,5-8H2. The Balaban J connectivity index is 1.96. The van der Waals surface area contributed by atoms with Crippen molar-refractivity contribution in [2.45, 2.75) is 0 Å². The van der Waals surface area contributed by atoms with Gasteiger partial charge in [-0.05, 0) is 0 Å². The van der Waals surface area contributed by atoms with Crippen LogP contribution in [0.3, 0.4) is 0 Å². The second-order valence-electron chi connectivity index (χ2n) is 3.38. The summed E-state index contributed by atoms with van der Waals surface area (Å²) in [7, 11) is 0. The van der Waals surface area contributed by atoms with Gasteiger partial charge in [0, 0.05) is 0 Å². The number of benzene rings is 1. The zero-order valence-electron chi connectivity index (χ0n) is 8.67. The first-order valence-electron chi connectivity index (χ1n) is 5.01. The van der Waals surface area contributed by atoms with Crippen LogP contribution in [0.5, 0.6) is 0 Å². The zero-order chi connectivity index (χ0) is 11.4. The fourth-order valence-electron chi connectivity index (χ4n) is 1.42. The quantitative estimate of drug-likeness (QED) is 0.452. The Morgan fingerprint density at radius 2 is 1.88 bits per heavy atom. The molecule has 0 unspecified atom stereocenters. The number of hydrogen-bond donors (Lipinski definition) is 0. The van der Waals surface area contributed by atoms with Crippen molar-refractivity contribution in [3.63, 3.8) is 0 Å². The summed E-state index contributed by atoms with van der Waals surface area (Å²) in [6.07, 6.45) is 0. The van der Waals surface area contributed by atoms with Crippen LogP contribution in [0.15, 0.2) is 24.3 Å². The van der Waals surface area contributed by atoms with E-state index < -0.39 is 0 Å². The minimum absolute atomic E-state index is 0.154. The molecule has 1 saturated heterocycles. The van der Waals surface area contributed by atoms with Crippen LogP contribution in [0, 0.1) is 10.1 Å². The van der Waals surface area contributed by atoms with Gasteiger partial charge in [0.25, 0.3) is 0 Å². The monoisotopic (exact) mass is 288 g/mol. The van der Waals surface area contributed by atoms with E-state index in [-0.39, 0.29) is 25.8 Å². The summed E-state index contributed by atoms with van der Waals surface area (Å²) in [6, 6.07) is 6.82. The molecule has 1 heterocycles. The van der Waals surface area contributed by atoms with Crippen LogP contribution >= 0.6 is 0 Å². The Morgan fingerprint density at radius 3 is 2.44 bits per heavy atom. The van der Waals surface area contributed by atoms with Crippen LogP contribution in [-0.4, -0.2) is 50.3 Å². The number of non-ortho nitro benzene ring substituents is 1. The second-order valence-corrected chi connectivity index (χ2v) is 5.84. The van der Waals surface area contributed by atoms with Gasteiger partial charge in [0.1, 0.15) is 0 Å². The first-order chi connectivity index (χ1) is 7.75. The topological polar surface area (TPSA) is 55.6 Å². The maximum absolute atomic E-state index is 10.5. The van der Waals surface area contributed by atoms with Crippen molar-refractivity contribution in [1.29, 1.82) is 0 Å². The van der Waals surface area contributed by atoms with Crippen molar-refractivity contribution >= 4 is 25.3 Å². The van der Waals surface area contributed by atoms with Gasteiger partial charge in [0.15, 0.2) is 0 Å². The van der Waals surface area contributed by atoms with Gasteiger partial charge in [-0.2, -0.15) is 0 Å². The number of hydrogen-bond acceptors (Lipinski definition) is 4. The predicted octanol–water partition coefficient (Wildman–Crippen LogP) is 0.171. The molecule has 0 radical (unpaired) electrons. The van der Waals surface area contributed by atoms with Crippen LogP contribution < -0.4 is 4.46 Å². The summed E-state index contributed by atoms with van der Waals surface area (Å²) in [5, 5.41) is 10.5. The van der Waals surface area contributed by atoms with Crippen molar-refractivity contribution in [3.05, 3.63) is 34.4 Å². The zero-order valence-corrected chi connectivity index (χ0v) is 10.4. The fourth-order valence-corrected chi connectivity index (χ4v) is 3.28. The molecule has 0 aliphatic carbocycles. The molecule has 0 saturated carbocycles. The SMILES string of the molecule is O=[N+]([O-])c1ccc([Se]N2CCOCC2)cc1. The molecule has 16 heavy (non-hydrogen) atoms. The van der Waals surface area contributed by atoms with E-state index in [2.05, 4.69) is 3.92 Å². The van der Waals surface area contributed by atoms with Crippen molar-refractivity contribution in [1.82, 2.24) is 3.92 Å². The average Bonchev–Trinajstić information content (AvgIpc) is 2.31. The van der Waals surface area contributed by atoms with E-state index in [0.717, 1.165) is 26.3 Å². The molecular weight excluding hydrogens is 275 g/mol. The van der Waals surface area contributed by atoms with Crippen molar-refractivity contribution in [2.24, 2.45) is 0 Å². The molecule has 0 N–H and O–H groups in total. The van der Waals surface area contributed by atoms with Crippen molar-refractivity contribution in [3.8, 4) is 0 Å². The van der Waals surface area contributed by atoms with Gasteiger partial charge < -0.3 is 0 Å². The molecule has 1 aliphatic rings. The summed E-state index contributed by atoms with van der Waals surface area (Å²) < 4.78 is 8.78. The van der Waals surface area contributed by atoms with E-state index in [0.29, 0.717) is 0 Å². The van der Waals surface area contributed by atoms with E-state index in [4.69, 9.17) is 4.74 Å². The van der Waals surface area contributed by atoms with Crippen molar-refractivity contribution < 1.29 is 9.66 Å². The molecule has 1 aromatic rings. The number of morpholine rings is 1.